The van der Waals surface area contributed by atoms with Crippen LogP contribution in [0.15, 0.2) is 24.3 Å². The standard InChI is InChI=1S/C14H18N2O8/c1-9(17)12(13(18)19)15-14(20)24-11-6-4-10(5-7-11)3-2-8-23-16(21)22/h4-7,9,12,17H,2-3,8H2,1H3,(H,15,20)(H,18,19). The molecule has 0 fully saturated rings. The van der Waals surface area contributed by atoms with Crippen molar-refractivity contribution in [2.75, 3.05) is 6.61 Å². The van der Waals surface area contributed by atoms with E-state index in [9.17, 15) is 24.8 Å². The number of hydrogen-bond donors (Lipinski definition) is 3. The van der Waals surface area contributed by atoms with Crippen LogP contribution in [0.1, 0.15) is 18.9 Å². The third-order valence-electron chi connectivity index (χ3n) is 2.96. The molecule has 132 valence electrons. The van der Waals surface area contributed by atoms with Crippen molar-refractivity contribution in [1.29, 1.82) is 0 Å². The number of ether oxygens (including phenoxy) is 1. The number of carboxylic acid groups (broad SMARTS) is 1. The average Bonchev–Trinajstić information content (AvgIpc) is 2.50. The Morgan fingerprint density at radius 3 is 2.46 bits per heavy atom. The topological polar surface area (TPSA) is 148 Å². The molecule has 1 aromatic carbocycles. The minimum absolute atomic E-state index is 0.0103. The van der Waals surface area contributed by atoms with Crippen molar-refractivity contribution < 1.29 is 34.5 Å². The van der Waals surface area contributed by atoms with Crippen molar-refractivity contribution in [2.24, 2.45) is 0 Å². The molecule has 1 aromatic rings. The quantitative estimate of drug-likeness (QED) is 0.338. The number of nitrogens with one attached hydrogen (secondary N) is 1. The van der Waals surface area contributed by atoms with Gasteiger partial charge in [-0.05, 0) is 37.5 Å². The van der Waals surface area contributed by atoms with Crippen LogP contribution in [0.25, 0.3) is 0 Å². The zero-order valence-electron chi connectivity index (χ0n) is 12.9. The number of nitrogens with zero attached hydrogens (tertiary/aromatic N) is 1. The third kappa shape index (κ3) is 6.92. The molecule has 0 aliphatic carbocycles. The van der Waals surface area contributed by atoms with Crippen molar-refractivity contribution >= 4 is 12.1 Å². The van der Waals surface area contributed by atoms with Gasteiger partial charge in [0.2, 0.25) is 0 Å². The van der Waals surface area contributed by atoms with E-state index in [2.05, 4.69) is 4.84 Å². The van der Waals surface area contributed by atoms with E-state index in [0.29, 0.717) is 12.8 Å². The van der Waals surface area contributed by atoms with Crippen molar-refractivity contribution in [2.45, 2.75) is 31.9 Å². The molecule has 10 nitrogen and oxygen atoms in total. The van der Waals surface area contributed by atoms with Gasteiger partial charge in [0.15, 0.2) is 6.04 Å². The van der Waals surface area contributed by atoms with Crippen molar-refractivity contribution in [3.05, 3.63) is 39.9 Å². The number of aliphatic carboxylic acids is 1. The summed E-state index contributed by atoms with van der Waals surface area (Å²) in [5, 5.41) is 29.3. The van der Waals surface area contributed by atoms with Crippen LogP contribution < -0.4 is 10.1 Å². The summed E-state index contributed by atoms with van der Waals surface area (Å²) in [6.45, 7) is 1.22. The van der Waals surface area contributed by atoms with Gasteiger partial charge in [0.25, 0.3) is 5.09 Å². The summed E-state index contributed by atoms with van der Waals surface area (Å²) < 4.78 is 4.92. The fourth-order valence-corrected chi connectivity index (χ4v) is 1.79. The molecule has 1 rings (SSSR count). The Labute approximate surface area is 137 Å². The van der Waals surface area contributed by atoms with Gasteiger partial charge in [-0.1, -0.05) is 12.1 Å². The summed E-state index contributed by atoms with van der Waals surface area (Å²) in [6, 6.07) is 4.86. The number of carbonyl (C=O) groups excluding carboxylic acids is 1. The molecule has 10 heteroatoms. The summed E-state index contributed by atoms with van der Waals surface area (Å²) in [4.78, 5) is 36.6. The lowest BCUT2D eigenvalue weighted by Crippen LogP contribution is -2.48. The number of carboxylic acids is 1. The Balaban J connectivity index is 2.47. The van der Waals surface area contributed by atoms with Gasteiger partial charge in [-0.15, -0.1) is 10.1 Å². The molecule has 0 bridgehead atoms. The fraction of sp³-hybridized carbons (Fsp3) is 0.429. The van der Waals surface area contributed by atoms with Crippen LogP contribution in [0.3, 0.4) is 0 Å². The number of aryl methyl sites for hydroxylation is 1. The molecule has 1 amide bonds. The molecule has 2 atom stereocenters. The van der Waals surface area contributed by atoms with E-state index in [1.54, 1.807) is 12.1 Å². The number of rotatable bonds is 9. The van der Waals surface area contributed by atoms with Gasteiger partial charge in [-0.3, -0.25) is 0 Å². The maximum absolute atomic E-state index is 11.6. The Kier molecular flexibility index (Phi) is 7.43. The number of benzene rings is 1. The molecule has 0 spiro atoms. The predicted molar refractivity (Wildman–Crippen MR) is 80.0 cm³/mol. The monoisotopic (exact) mass is 342 g/mol. The first kappa shape index (κ1) is 19.2. The van der Waals surface area contributed by atoms with Crippen LogP contribution in [-0.4, -0.2) is 46.1 Å². The second kappa shape index (κ2) is 9.30. The molecule has 0 radical (unpaired) electrons. The Morgan fingerprint density at radius 2 is 1.96 bits per heavy atom. The smallest absolute Gasteiger partial charge is 0.413 e. The minimum atomic E-state index is -1.47. The molecule has 0 heterocycles. The number of aliphatic hydroxyl groups excluding tert-OH is 1. The van der Waals surface area contributed by atoms with Crippen LogP contribution in [-0.2, 0) is 16.1 Å². The van der Waals surface area contributed by atoms with E-state index < -0.39 is 29.3 Å². The predicted octanol–water partition coefficient (Wildman–Crippen LogP) is 0.750. The number of hydrogen-bond acceptors (Lipinski definition) is 7. The highest BCUT2D eigenvalue weighted by atomic mass is 16.9. The van der Waals surface area contributed by atoms with E-state index in [1.807, 2.05) is 5.32 Å². The van der Waals surface area contributed by atoms with Gasteiger partial charge in [-0.2, -0.15) is 0 Å². The van der Waals surface area contributed by atoms with Gasteiger partial charge in [0, 0.05) is 0 Å². The minimum Gasteiger partial charge on any atom is -0.480 e. The van der Waals surface area contributed by atoms with E-state index >= 15 is 0 Å². The van der Waals surface area contributed by atoms with Gasteiger partial charge in [0.1, 0.15) is 5.75 Å². The van der Waals surface area contributed by atoms with Crippen LogP contribution in [0.4, 0.5) is 4.79 Å². The first-order valence-corrected chi connectivity index (χ1v) is 7.05. The van der Waals surface area contributed by atoms with Crippen molar-refractivity contribution in [3.8, 4) is 5.75 Å². The van der Waals surface area contributed by atoms with E-state index in [4.69, 9.17) is 9.84 Å². The SMILES string of the molecule is CC(O)C(NC(=O)Oc1ccc(CCCO[N+](=O)[O-])cc1)C(=O)O. The normalized spacial score (nSPS) is 12.8. The Hall–Kier alpha value is -2.88. The van der Waals surface area contributed by atoms with Crippen LogP contribution >= 0.6 is 0 Å². The maximum Gasteiger partial charge on any atom is 0.413 e. The zero-order chi connectivity index (χ0) is 18.1. The first-order valence-electron chi connectivity index (χ1n) is 7.05. The lowest BCUT2D eigenvalue weighted by Gasteiger charge is -2.16. The first-order chi connectivity index (χ1) is 11.3. The lowest BCUT2D eigenvalue weighted by molar-refractivity contribution is -0.757. The fourth-order valence-electron chi connectivity index (χ4n) is 1.79. The number of amides is 1. The number of aliphatic hydroxyl groups is 1. The summed E-state index contributed by atoms with van der Waals surface area (Å²) in [6.07, 6.45) is -1.28. The molecule has 0 saturated heterocycles. The average molecular weight is 342 g/mol. The molecule has 3 N–H and O–H groups in total. The molecular weight excluding hydrogens is 324 g/mol. The summed E-state index contributed by atoms with van der Waals surface area (Å²) in [7, 11) is 0. The van der Waals surface area contributed by atoms with E-state index in [0.717, 1.165) is 5.56 Å². The highest BCUT2D eigenvalue weighted by Crippen LogP contribution is 2.14. The second-order valence-electron chi connectivity index (χ2n) is 4.89. The van der Waals surface area contributed by atoms with Gasteiger partial charge in [0.05, 0.1) is 12.7 Å². The molecule has 0 aliphatic rings. The van der Waals surface area contributed by atoms with Gasteiger partial charge in [-0.25, -0.2) is 9.59 Å². The van der Waals surface area contributed by atoms with Gasteiger partial charge < -0.3 is 25.1 Å². The van der Waals surface area contributed by atoms with E-state index in [1.165, 1.54) is 19.1 Å². The zero-order valence-corrected chi connectivity index (χ0v) is 12.9. The largest absolute Gasteiger partial charge is 0.480 e. The molecule has 24 heavy (non-hydrogen) atoms. The highest BCUT2D eigenvalue weighted by molar-refractivity contribution is 5.81. The van der Waals surface area contributed by atoms with E-state index in [-0.39, 0.29) is 12.4 Å². The van der Waals surface area contributed by atoms with Crippen LogP contribution in [0.2, 0.25) is 0 Å². The van der Waals surface area contributed by atoms with Gasteiger partial charge >= 0.3 is 12.1 Å². The Morgan fingerprint density at radius 1 is 1.33 bits per heavy atom. The lowest BCUT2D eigenvalue weighted by atomic mass is 10.1. The number of carbonyl (C=O) groups is 2. The molecule has 0 aliphatic heterocycles. The van der Waals surface area contributed by atoms with Crippen LogP contribution in [0.5, 0.6) is 5.75 Å². The maximum atomic E-state index is 11.6. The van der Waals surface area contributed by atoms with Crippen molar-refractivity contribution in [1.82, 2.24) is 5.32 Å². The Bertz CT molecular complexity index is 573. The van der Waals surface area contributed by atoms with Crippen LogP contribution in [0, 0.1) is 10.1 Å². The third-order valence-corrected chi connectivity index (χ3v) is 2.96. The summed E-state index contributed by atoms with van der Waals surface area (Å²) in [5.74, 6) is -1.19. The molecule has 2 unspecified atom stereocenters. The molecular formula is C14H18N2O8. The summed E-state index contributed by atoms with van der Waals surface area (Å²) in [5.41, 5.74) is 0.863. The highest BCUT2D eigenvalue weighted by Gasteiger charge is 2.25. The second-order valence-corrected chi connectivity index (χ2v) is 4.89. The summed E-state index contributed by atoms with van der Waals surface area (Å²) >= 11 is 0. The van der Waals surface area contributed by atoms with Crippen molar-refractivity contribution in [3.63, 3.8) is 0 Å². The molecule has 0 saturated carbocycles. The molecule has 0 aromatic heterocycles.